The van der Waals surface area contributed by atoms with E-state index in [1.807, 2.05) is 18.2 Å². The summed E-state index contributed by atoms with van der Waals surface area (Å²) in [6.07, 6.45) is 1.49. The van der Waals surface area contributed by atoms with Gasteiger partial charge in [0.05, 0.1) is 18.3 Å². The van der Waals surface area contributed by atoms with Gasteiger partial charge in [0.25, 0.3) is 0 Å². The molecule has 5 heteroatoms. The molecule has 0 spiro atoms. The van der Waals surface area contributed by atoms with Crippen LogP contribution in [0.25, 0.3) is 11.1 Å². The topological polar surface area (TPSA) is 75.5 Å². The highest BCUT2D eigenvalue weighted by molar-refractivity contribution is 5.85. The van der Waals surface area contributed by atoms with E-state index in [9.17, 15) is 5.11 Å². The molecule has 1 aromatic heterocycles. The summed E-state index contributed by atoms with van der Waals surface area (Å²) in [4.78, 5) is 6.67. The van der Waals surface area contributed by atoms with Gasteiger partial charge in [0, 0.05) is 13.1 Å². The van der Waals surface area contributed by atoms with Crippen LogP contribution in [0.4, 0.5) is 5.69 Å². The van der Waals surface area contributed by atoms with Gasteiger partial charge in [0.2, 0.25) is 5.89 Å². The molecular formula is C13H17N3O2. The minimum Gasteiger partial charge on any atom is -0.439 e. The summed E-state index contributed by atoms with van der Waals surface area (Å²) in [6, 6.07) is 5.57. The zero-order chi connectivity index (χ0) is 12.5. The van der Waals surface area contributed by atoms with Gasteiger partial charge >= 0.3 is 0 Å². The minimum atomic E-state index is -0.152. The average molecular weight is 247 g/mol. The predicted molar refractivity (Wildman–Crippen MR) is 68.9 cm³/mol. The summed E-state index contributed by atoms with van der Waals surface area (Å²) in [6.45, 7) is 2.45. The summed E-state index contributed by atoms with van der Waals surface area (Å²) in [5.41, 5.74) is 7.98. The highest BCUT2D eigenvalue weighted by Gasteiger charge is 2.19. The van der Waals surface area contributed by atoms with E-state index in [2.05, 4.69) is 9.88 Å². The van der Waals surface area contributed by atoms with E-state index in [-0.39, 0.29) is 6.10 Å². The van der Waals surface area contributed by atoms with Crippen LogP contribution >= 0.6 is 0 Å². The first-order valence-corrected chi connectivity index (χ1v) is 6.27. The van der Waals surface area contributed by atoms with Gasteiger partial charge in [-0.3, -0.25) is 4.90 Å². The highest BCUT2D eigenvalue weighted by atomic mass is 16.3. The third-order valence-electron chi connectivity index (χ3n) is 3.41. The molecule has 1 saturated heterocycles. The van der Waals surface area contributed by atoms with Gasteiger partial charge in [0.1, 0.15) is 5.52 Å². The molecule has 0 radical (unpaired) electrons. The molecule has 18 heavy (non-hydrogen) atoms. The molecule has 0 amide bonds. The van der Waals surface area contributed by atoms with Gasteiger partial charge in [0.15, 0.2) is 5.58 Å². The van der Waals surface area contributed by atoms with E-state index in [1.165, 1.54) is 0 Å². The molecule has 0 bridgehead atoms. The fourth-order valence-electron chi connectivity index (χ4n) is 2.35. The number of piperidine rings is 1. The smallest absolute Gasteiger partial charge is 0.209 e. The Morgan fingerprint density at radius 3 is 2.89 bits per heavy atom. The van der Waals surface area contributed by atoms with Crippen molar-refractivity contribution >= 4 is 16.8 Å². The van der Waals surface area contributed by atoms with Crippen LogP contribution in [0.5, 0.6) is 0 Å². The van der Waals surface area contributed by atoms with Crippen LogP contribution in [0.2, 0.25) is 0 Å². The lowest BCUT2D eigenvalue weighted by molar-refractivity contribution is 0.0754. The number of likely N-dealkylation sites (tertiary alicyclic amines) is 1. The number of hydrogen-bond acceptors (Lipinski definition) is 5. The van der Waals surface area contributed by atoms with Gasteiger partial charge in [-0.25, -0.2) is 4.98 Å². The Hall–Kier alpha value is -1.59. The SMILES string of the molecule is Nc1cccc2oc(CN3CCC(O)CC3)nc12. The molecule has 1 aliphatic rings. The second kappa shape index (κ2) is 4.59. The molecule has 5 nitrogen and oxygen atoms in total. The van der Waals surface area contributed by atoms with Crippen LogP contribution in [0.3, 0.4) is 0 Å². The van der Waals surface area contributed by atoms with Crippen LogP contribution in [0.1, 0.15) is 18.7 Å². The van der Waals surface area contributed by atoms with Gasteiger partial charge in [-0.05, 0) is 25.0 Å². The monoisotopic (exact) mass is 247 g/mol. The van der Waals surface area contributed by atoms with Gasteiger partial charge in [-0.1, -0.05) is 6.07 Å². The van der Waals surface area contributed by atoms with E-state index < -0.39 is 0 Å². The van der Waals surface area contributed by atoms with Crippen molar-refractivity contribution in [3.05, 3.63) is 24.1 Å². The summed E-state index contributed by atoms with van der Waals surface area (Å²) >= 11 is 0. The first-order valence-electron chi connectivity index (χ1n) is 6.27. The number of para-hydroxylation sites is 1. The van der Waals surface area contributed by atoms with Crippen molar-refractivity contribution < 1.29 is 9.52 Å². The number of aliphatic hydroxyl groups excluding tert-OH is 1. The quantitative estimate of drug-likeness (QED) is 0.784. The van der Waals surface area contributed by atoms with Gasteiger partial charge in [-0.15, -0.1) is 0 Å². The Labute approximate surface area is 105 Å². The van der Waals surface area contributed by atoms with E-state index in [0.29, 0.717) is 18.1 Å². The Balaban J connectivity index is 1.77. The molecular weight excluding hydrogens is 230 g/mol. The van der Waals surface area contributed by atoms with E-state index in [4.69, 9.17) is 10.2 Å². The lowest BCUT2D eigenvalue weighted by Gasteiger charge is -2.28. The lowest BCUT2D eigenvalue weighted by Crippen LogP contribution is -2.35. The number of nitrogen functional groups attached to an aromatic ring is 1. The molecule has 0 atom stereocenters. The van der Waals surface area contributed by atoms with Gasteiger partial charge < -0.3 is 15.3 Å². The van der Waals surface area contributed by atoms with Crippen molar-refractivity contribution in [3.8, 4) is 0 Å². The zero-order valence-electron chi connectivity index (χ0n) is 10.2. The van der Waals surface area contributed by atoms with E-state index in [1.54, 1.807) is 0 Å². The number of oxazole rings is 1. The molecule has 0 unspecified atom stereocenters. The molecule has 1 aromatic carbocycles. The fraction of sp³-hybridized carbons (Fsp3) is 0.462. The third-order valence-corrected chi connectivity index (χ3v) is 3.41. The van der Waals surface area contributed by atoms with Crippen LogP contribution in [0, 0.1) is 0 Å². The molecule has 1 fully saturated rings. The maximum atomic E-state index is 9.46. The number of rotatable bonds is 2. The Bertz CT molecular complexity index is 544. The summed E-state index contributed by atoms with van der Waals surface area (Å²) in [5, 5.41) is 9.46. The largest absolute Gasteiger partial charge is 0.439 e. The van der Waals surface area contributed by atoms with E-state index >= 15 is 0 Å². The number of aliphatic hydroxyl groups is 1. The zero-order valence-corrected chi connectivity index (χ0v) is 10.2. The fourth-order valence-corrected chi connectivity index (χ4v) is 2.35. The standard InChI is InChI=1S/C13H17N3O2/c14-10-2-1-3-11-13(10)15-12(18-11)8-16-6-4-9(17)5-7-16/h1-3,9,17H,4-8,14H2. The summed E-state index contributed by atoms with van der Waals surface area (Å²) < 4.78 is 5.68. The first-order chi connectivity index (χ1) is 8.72. The first kappa shape index (κ1) is 11.5. The predicted octanol–water partition coefficient (Wildman–Crippen LogP) is 1.37. The number of fused-ring (bicyclic) bond motifs is 1. The number of hydrogen-bond donors (Lipinski definition) is 2. The number of anilines is 1. The van der Waals surface area contributed by atoms with Crippen LogP contribution < -0.4 is 5.73 Å². The number of benzene rings is 1. The maximum absolute atomic E-state index is 9.46. The molecule has 96 valence electrons. The van der Waals surface area contributed by atoms with E-state index in [0.717, 1.165) is 37.0 Å². The lowest BCUT2D eigenvalue weighted by atomic mass is 10.1. The van der Waals surface area contributed by atoms with Crippen molar-refractivity contribution in [2.45, 2.75) is 25.5 Å². The molecule has 0 saturated carbocycles. The van der Waals surface area contributed by atoms with Crippen LogP contribution in [-0.2, 0) is 6.54 Å². The second-order valence-electron chi connectivity index (χ2n) is 4.81. The molecule has 3 N–H and O–H groups in total. The second-order valence-corrected chi connectivity index (χ2v) is 4.81. The van der Waals surface area contributed by atoms with Crippen molar-refractivity contribution in [3.63, 3.8) is 0 Å². The molecule has 2 heterocycles. The van der Waals surface area contributed by atoms with Crippen LogP contribution in [-0.4, -0.2) is 34.2 Å². The van der Waals surface area contributed by atoms with Crippen molar-refractivity contribution in [2.75, 3.05) is 18.8 Å². The Kier molecular flexibility index (Phi) is 2.93. The molecule has 3 rings (SSSR count). The van der Waals surface area contributed by atoms with Crippen molar-refractivity contribution in [1.82, 2.24) is 9.88 Å². The van der Waals surface area contributed by atoms with Gasteiger partial charge in [-0.2, -0.15) is 0 Å². The maximum Gasteiger partial charge on any atom is 0.209 e. The molecule has 2 aromatic rings. The number of aromatic nitrogens is 1. The average Bonchev–Trinajstić information content (AvgIpc) is 2.76. The minimum absolute atomic E-state index is 0.152. The Morgan fingerprint density at radius 2 is 2.17 bits per heavy atom. The summed E-state index contributed by atoms with van der Waals surface area (Å²) in [5.74, 6) is 0.694. The normalized spacial score (nSPS) is 18.5. The summed E-state index contributed by atoms with van der Waals surface area (Å²) in [7, 11) is 0. The van der Waals surface area contributed by atoms with Crippen LogP contribution in [0.15, 0.2) is 22.6 Å². The molecule has 1 aliphatic heterocycles. The van der Waals surface area contributed by atoms with Crippen molar-refractivity contribution in [2.24, 2.45) is 0 Å². The highest BCUT2D eigenvalue weighted by Crippen LogP contribution is 2.22. The number of nitrogens with two attached hydrogens (primary N) is 1. The third kappa shape index (κ3) is 2.19. The van der Waals surface area contributed by atoms with Crippen molar-refractivity contribution in [1.29, 1.82) is 0 Å². The molecule has 0 aliphatic carbocycles. The number of nitrogens with zero attached hydrogens (tertiary/aromatic N) is 2. The Morgan fingerprint density at radius 1 is 1.39 bits per heavy atom.